The molecule has 3 amide bonds. The third-order valence-electron chi connectivity index (χ3n) is 4.19. The van der Waals surface area contributed by atoms with Gasteiger partial charge in [0, 0.05) is 17.9 Å². The monoisotopic (exact) mass is 377 g/mol. The van der Waals surface area contributed by atoms with E-state index in [9.17, 15) is 19.2 Å². The smallest absolute Gasteiger partial charge is 0.414 e. The Morgan fingerprint density at radius 1 is 1.19 bits per heavy atom. The van der Waals surface area contributed by atoms with Crippen molar-refractivity contribution in [2.24, 2.45) is 0 Å². The normalized spacial score (nSPS) is 19.7. The summed E-state index contributed by atoms with van der Waals surface area (Å²) in [5.41, 5.74) is 1.33. The number of carbonyl (C=O) groups is 4. The van der Waals surface area contributed by atoms with Gasteiger partial charge >= 0.3 is 18.0 Å². The second kappa shape index (κ2) is 8.04. The molecule has 2 aliphatic heterocycles. The highest BCUT2D eigenvalue weighted by Gasteiger charge is 2.33. The minimum atomic E-state index is -1.01. The van der Waals surface area contributed by atoms with E-state index in [4.69, 9.17) is 9.47 Å². The van der Waals surface area contributed by atoms with E-state index in [-0.39, 0.29) is 25.6 Å². The van der Waals surface area contributed by atoms with Gasteiger partial charge in [0.1, 0.15) is 12.7 Å². The van der Waals surface area contributed by atoms with Gasteiger partial charge in [0.05, 0.1) is 26.8 Å². The van der Waals surface area contributed by atoms with Crippen LogP contribution in [0.2, 0.25) is 0 Å². The maximum atomic E-state index is 12.1. The van der Waals surface area contributed by atoms with E-state index >= 15 is 0 Å². The Labute approximate surface area is 154 Å². The second-order valence-electron chi connectivity index (χ2n) is 5.93. The summed E-state index contributed by atoms with van der Waals surface area (Å²) in [5, 5.41) is 2.35. The van der Waals surface area contributed by atoms with Crippen molar-refractivity contribution < 1.29 is 33.4 Å². The van der Waals surface area contributed by atoms with Gasteiger partial charge in [0.25, 0.3) is 5.91 Å². The Kier molecular flexibility index (Phi) is 5.55. The van der Waals surface area contributed by atoms with Crippen LogP contribution in [0.15, 0.2) is 24.3 Å². The molecule has 0 aromatic heterocycles. The van der Waals surface area contributed by atoms with Gasteiger partial charge in [0.15, 0.2) is 0 Å². The molecule has 2 aliphatic rings. The number of ether oxygens (including phenoxy) is 3. The van der Waals surface area contributed by atoms with Crippen LogP contribution in [0.3, 0.4) is 0 Å². The Hall–Kier alpha value is -3.14. The predicted molar refractivity (Wildman–Crippen MR) is 92.3 cm³/mol. The molecule has 3 rings (SSSR count). The van der Waals surface area contributed by atoms with Crippen LogP contribution in [0.4, 0.5) is 16.2 Å². The van der Waals surface area contributed by atoms with Crippen molar-refractivity contribution in [3.63, 3.8) is 0 Å². The van der Waals surface area contributed by atoms with Gasteiger partial charge in [-0.3, -0.25) is 14.5 Å². The molecule has 1 aromatic carbocycles. The van der Waals surface area contributed by atoms with Gasteiger partial charge in [0.2, 0.25) is 0 Å². The number of carbonyl (C=O) groups excluding carboxylic acids is 4. The number of morpholine rings is 1. The molecule has 2 saturated heterocycles. The van der Waals surface area contributed by atoms with Crippen molar-refractivity contribution in [2.75, 3.05) is 49.8 Å². The maximum Gasteiger partial charge on any atom is 0.414 e. The topological polar surface area (TPSA) is 114 Å². The summed E-state index contributed by atoms with van der Waals surface area (Å²) < 4.78 is 14.6. The molecule has 10 heteroatoms. The SMILES string of the molecule is COC(=O)C(=O)NCC1CN(c2ccc(N3CCOCC3=O)cc2)C(=O)O1. The average Bonchev–Trinajstić information content (AvgIpc) is 3.06. The number of hydrogen-bond acceptors (Lipinski definition) is 7. The van der Waals surface area contributed by atoms with Crippen molar-refractivity contribution in [2.45, 2.75) is 6.10 Å². The van der Waals surface area contributed by atoms with Gasteiger partial charge in [-0.25, -0.2) is 9.59 Å². The van der Waals surface area contributed by atoms with E-state index in [1.807, 2.05) is 0 Å². The van der Waals surface area contributed by atoms with Gasteiger partial charge in [-0.05, 0) is 24.3 Å². The van der Waals surface area contributed by atoms with Crippen molar-refractivity contribution >= 4 is 35.3 Å². The number of rotatable bonds is 4. The summed E-state index contributed by atoms with van der Waals surface area (Å²) in [6.45, 7) is 1.22. The molecule has 1 N–H and O–H groups in total. The number of cyclic esters (lactones) is 1. The summed E-state index contributed by atoms with van der Waals surface area (Å²) >= 11 is 0. The van der Waals surface area contributed by atoms with E-state index in [2.05, 4.69) is 10.1 Å². The standard InChI is InChI=1S/C17H19N3O7/c1-25-16(23)15(22)18-8-13-9-20(17(24)27-13)12-4-2-11(3-5-12)19-6-7-26-10-14(19)21/h2-5,13H,6-10H2,1H3,(H,18,22). The molecule has 27 heavy (non-hydrogen) atoms. The summed E-state index contributed by atoms with van der Waals surface area (Å²) in [4.78, 5) is 49.5. The number of esters is 1. The number of hydrogen-bond donors (Lipinski definition) is 1. The van der Waals surface area contributed by atoms with Gasteiger partial charge < -0.3 is 24.4 Å². The number of amides is 3. The highest BCUT2D eigenvalue weighted by molar-refractivity contribution is 6.32. The zero-order valence-electron chi connectivity index (χ0n) is 14.7. The molecule has 0 radical (unpaired) electrons. The molecule has 2 fully saturated rings. The molecule has 1 aromatic rings. The molecular weight excluding hydrogens is 358 g/mol. The summed E-state index contributed by atoms with van der Waals surface area (Å²) in [6, 6.07) is 6.93. The summed E-state index contributed by atoms with van der Waals surface area (Å²) in [5.74, 6) is -2.02. The lowest BCUT2D eigenvalue weighted by atomic mass is 10.2. The fraction of sp³-hybridized carbons (Fsp3) is 0.412. The minimum Gasteiger partial charge on any atom is -0.462 e. The Morgan fingerprint density at radius 3 is 2.48 bits per heavy atom. The van der Waals surface area contributed by atoms with E-state index in [1.165, 1.54) is 4.90 Å². The number of nitrogens with one attached hydrogen (secondary N) is 1. The van der Waals surface area contributed by atoms with E-state index < -0.39 is 24.1 Å². The Morgan fingerprint density at radius 2 is 1.85 bits per heavy atom. The number of methoxy groups -OCH3 is 1. The van der Waals surface area contributed by atoms with Gasteiger partial charge in [-0.2, -0.15) is 0 Å². The molecule has 1 atom stereocenters. The highest BCUT2D eigenvalue weighted by atomic mass is 16.6. The lowest BCUT2D eigenvalue weighted by molar-refractivity contribution is -0.152. The van der Waals surface area contributed by atoms with Crippen LogP contribution in [0.1, 0.15) is 0 Å². The molecule has 1 unspecified atom stereocenters. The van der Waals surface area contributed by atoms with E-state index in [0.29, 0.717) is 18.8 Å². The van der Waals surface area contributed by atoms with Crippen molar-refractivity contribution in [3.8, 4) is 0 Å². The summed E-state index contributed by atoms with van der Waals surface area (Å²) in [6.07, 6.45) is -1.14. The first kappa shape index (κ1) is 18.6. The lowest BCUT2D eigenvalue weighted by Gasteiger charge is -2.27. The molecular formula is C17H19N3O7. The number of nitrogens with zero attached hydrogens (tertiary/aromatic N) is 2. The third kappa shape index (κ3) is 4.17. The van der Waals surface area contributed by atoms with Crippen LogP contribution in [0, 0.1) is 0 Å². The fourth-order valence-corrected chi connectivity index (χ4v) is 2.81. The number of anilines is 2. The molecule has 0 saturated carbocycles. The first-order valence-corrected chi connectivity index (χ1v) is 8.32. The first-order valence-electron chi connectivity index (χ1n) is 8.32. The molecule has 144 valence electrons. The van der Waals surface area contributed by atoms with Crippen LogP contribution in [0.25, 0.3) is 0 Å². The minimum absolute atomic E-state index is 0.00344. The van der Waals surface area contributed by atoms with Crippen molar-refractivity contribution in [1.82, 2.24) is 5.32 Å². The van der Waals surface area contributed by atoms with Crippen LogP contribution in [-0.2, 0) is 28.6 Å². The van der Waals surface area contributed by atoms with Crippen LogP contribution >= 0.6 is 0 Å². The molecule has 0 aliphatic carbocycles. The zero-order chi connectivity index (χ0) is 19.4. The van der Waals surface area contributed by atoms with Crippen molar-refractivity contribution in [1.29, 1.82) is 0 Å². The van der Waals surface area contributed by atoms with Crippen molar-refractivity contribution in [3.05, 3.63) is 24.3 Å². The van der Waals surface area contributed by atoms with Crippen LogP contribution in [-0.4, -0.2) is 69.9 Å². The largest absolute Gasteiger partial charge is 0.462 e. The Bertz CT molecular complexity index is 749. The Balaban J connectivity index is 1.59. The lowest BCUT2D eigenvalue weighted by Crippen LogP contribution is -2.41. The number of benzene rings is 1. The van der Waals surface area contributed by atoms with Crippen LogP contribution < -0.4 is 15.1 Å². The highest BCUT2D eigenvalue weighted by Crippen LogP contribution is 2.25. The predicted octanol–water partition coefficient (Wildman–Crippen LogP) is -0.336. The fourth-order valence-electron chi connectivity index (χ4n) is 2.81. The maximum absolute atomic E-state index is 12.1. The van der Waals surface area contributed by atoms with Crippen LogP contribution in [0.5, 0.6) is 0 Å². The first-order chi connectivity index (χ1) is 13.0. The molecule has 0 bridgehead atoms. The molecule has 10 nitrogen and oxygen atoms in total. The zero-order valence-corrected chi connectivity index (χ0v) is 14.7. The molecule has 2 heterocycles. The van der Waals surface area contributed by atoms with E-state index in [1.54, 1.807) is 29.2 Å². The average molecular weight is 377 g/mol. The molecule has 0 spiro atoms. The van der Waals surface area contributed by atoms with E-state index in [0.717, 1.165) is 12.8 Å². The summed E-state index contributed by atoms with van der Waals surface area (Å²) in [7, 11) is 1.10. The quantitative estimate of drug-likeness (QED) is 0.564. The van der Waals surface area contributed by atoms with Gasteiger partial charge in [-0.15, -0.1) is 0 Å². The third-order valence-corrected chi connectivity index (χ3v) is 4.19. The van der Waals surface area contributed by atoms with Gasteiger partial charge in [-0.1, -0.05) is 0 Å². The second-order valence-corrected chi connectivity index (χ2v) is 5.93.